The third-order valence-electron chi connectivity index (χ3n) is 2.53. The highest BCUT2D eigenvalue weighted by Gasteiger charge is 2.05. The fourth-order valence-electron chi connectivity index (χ4n) is 1.55. The number of methoxy groups -OCH3 is 1. The summed E-state index contributed by atoms with van der Waals surface area (Å²) in [6, 6.07) is 5.83. The van der Waals surface area contributed by atoms with Gasteiger partial charge in [0.15, 0.2) is 0 Å². The summed E-state index contributed by atoms with van der Waals surface area (Å²) in [6.07, 6.45) is 1.09. The van der Waals surface area contributed by atoms with E-state index in [-0.39, 0.29) is 5.97 Å². The molecule has 0 aliphatic rings. The van der Waals surface area contributed by atoms with E-state index >= 15 is 0 Å². The SMILES string of the molecule is COC(=O)CCc1ccc(OCCN)cc1C. The lowest BCUT2D eigenvalue weighted by Crippen LogP contribution is -2.10. The molecule has 0 fully saturated rings. The lowest BCUT2D eigenvalue weighted by Gasteiger charge is -2.09. The highest BCUT2D eigenvalue weighted by molar-refractivity contribution is 5.69. The number of aryl methyl sites for hydroxylation is 2. The molecule has 0 bridgehead atoms. The molecule has 1 aromatic rings. The molecule has 0 saturated carbocycles. The Bertz CT molecular complexity index is 377. The van der Waals surface area contributed by atoms with Gasteiger partial charge in [-0.1, -0.05) is 6.07 Å². The molecule has 0 aromatic heterocycles. The molecule has 1 aromatic carbocycles. The molecule has 0 aliphatic heterocycles. The van der Waals surface area contributed by atoms with Crippen LogP contribution >= 0.6 is 0 Å². The van der Waals surface area contributed by atoms with Crippen LogP contribution in [0.2, 0.25) is 0 Å². The summed E-state index contributed by atoms with van der Waals surface area (Å²) >= 11 is 0. The van der Waals surface area contributed by atoms with Crippen molar-refractivity contribution in [1.29, 1.82) is 0 Å². The predicted octanol–water partition coefficient (Wildman–Crippen LogP) is 1.44. The highest BCUT2D eigenvalue weighted by atomic mass is 16.5. The van der Waals surface area contributed by atoms with Gasteiger partial charge in [0, 0.05) is 13.0 Å². The molecule has 0 spiro atoms. The molecule has 0 unspecified atom stereocenters. The minimum absolute atomic E-state index is 0.187. The molecule has 0 saturated heterocycles. The number of nitrogens with two attached hydrogens (primary N) is 1. The summed E-state index contributed by atoms with van der Waals surface area (Å²) in [5, 5.41) is 0. The van der Waals surface area contributed by atoms with Gasteiger partial charge in [-0.15, -0.1) is 0 Å². The van der Waals surface area contributed by atoms with Crippen molar-refractivity contribution in [3.63, 3.8) is 0 Å². The number of hydrogen-bond donors (Lipinski definition) is 1. The molecule has 0 radical (unpaired) electrons. The summed E-state index contributed by atoms with van der Waals surface area (Å²) in [6.45, 7) is 3.02. The zero-order valence-electron chi connectivity index (χ0n) is 10.4. The second kappa shape index (κ2) is 6.91. The van der Waals surface area contributed by atoms with Crippen LogP contribution in [0.4, 0.5) is 0 Å². The zero-order chi connectivity index (χ0) is 12.7. The fraction of sp³-hybridized carbons (Fsp3) is 0.462. The van der Waals surface area contributed by atoms with E-state index in [0.29, 0.717) is 26.0 Å². The normalized spacial score (nSPS) is 10.1. The number of carbonyl (C=O) groups excluding carboxylic acids is 1. The Morgan fingerprint density at radius 1 is 1.41 bits per heavy atom. The molecule has 0 heterocycles. The van der Waals surface area contributed by atoms with Crippen LogP contribution in [-0.2, 0) is 16.0 Å². The van der Waals surface area contributed by atoms with Crippen LogP contribution in [0.15, 0.2) is 18.2 Å². The number of benzene rings is 1. The van der Waals surface area contributed by atoms with Crippen molar-refractivity contribution >= 4 is 5.97 Å². The maximum atomic E-state index is 11.0. The Labute approximate surface area is 102 Å². The van der Waals surface area contributed by atoms with Gasteiger partial charge in [-0.2, -0.15) is 0 Å². The Balaban J connectivity index is 2.59. The summed E-state index contributed by atoms with van der Waals surface area (Å²) in [5.74, 6) is 0.627. The van der Waals surface area contributed by atoms with Gasteiger partial charge in [-0.3, -0.25) is 4.79 Å². The first-order valence-electron chi connectivity index (χ1n) is 5.66. The molecule has 1 rings (SSSR count). The second-order valence-corrected chi connectivity index (χ2v) is 3.80. The highest BCUT2D eigenvalue weighted by Crippen LogP contribution is 2.18. The van der Waals surface area contributed by atoms with Gasteiger partial charge in [0.25, 0.3) is 0 Å². The molecule has 4 nitrogen and oxygen atoms in total. The number of ether oxygens (including phenoxy) is 2. The van der Waals surface area contributed by atoms with Crippen molar-refractivity contribution in [2.75, 3.05) is 20.3 Å². The van der Waals surface area contributed by atoms with Gasteiger partial charge in [0.2, 0.25) is 0 Å². The van der Waals surface area contributed by atoms with E-state index in [4.69, 9.17) is 10.5 Å². The zero-order valence-corrected chi connectivity index (χ0v) is 10.4. The number of esters is 1. The van der Waals surface area contributed by atoms with Crippen LogP contribution in [0.5, 0.6) is 5.75 Å². The van der Waals surface area contributed by atoms with Crippen molar-refractivity contribution < 1.29 is 14.3 Å². The van der Waals surface area contributed by atoms with Crippen molar-refractivity contribution in [3.8, 4) is 5.75 Å². The van der Waals surface area contributed by atoms with Gasteiger partial charge in [0.1, 0.15) is 12.4 Å². The Kier molecular flexibility index (Phi) is 5.49. The topological polar surface area (TPSA) is 61.5 Å². The number of hydrogen-bond acceptors (Lipinski definition) is 4. The average molecular weight is 237 g/mol. The van der Waals surface area contributed by atoms with Gasteiger partial charge < -0.3 is 15.2 Å². The lowest BCUT2D eigenvalue weighted by atomic mass is 10.0. The minimum atomic E-state index is -0.187. The molecule has 0 atom stereocenters. The molecular weight excluding hydrogens is 218 g/mol. The maximum absolute atomic E-state index is 11.0. The van der Waals surface area contributed by atoms with E-state index in [9.17, 15) is 4.79 Å². The summed E-state index contributed by atoms with van der Waals surface area (Å²) in [7, 11) is 1.40. The van der Waals surface area contributed by atoms with Crippen LogP contribution < -0.4 is 10.5 Å². The largest absolute Gasteiger partial charge is 0.492 e. The van der Waals surface area contributed by atoms with Gasteiger partial charge >= 0.3 is 5.97 Å². The van der Waals surface area contributed by atoms with Crippen molar-refractivity contribution in [2.45, 2.75) is 19.8 Å². The lowest BCUT2D eigenvalue weighted by molar-refractivity contribution is -0.140. The molecular formula is C13H19NO3. The van der Waals surface area contributed by atoms with E-state index in [1.165, 1.54) is 7.11 Å². The van der Waals surface area contributed by atoms with Crippen LogP contribution in [0.1, 0.15) is 17.5 Å². The van der Waals surface area contributed by atoms with Gasteiger partial charge in [0.05, 0.1) is 7.11 Å². The third-order valence-corrected chi connectivity index (χ3v) is 2.53. The summed E-state index contributed by atoms with van der Waals surface area (Å²) in [5.41, 5.74) is 7.61. The monoisotopic (exact) mass is 237 g/mol. The quantitative estimate of drug-likeness (QED) is 0.760. The van der Waals surface area contributed by atoms with Crippen LogP contribution in [0, 0.1) is 6.92 Å². The van der Waals surface area contributed by atoms with E-state index in [2.05, 4.69) is 4.74 Å². The molecule has 2 N–H and O–H groups in total. The predicted molar refractivity (Wildman–Crippen MR) is 66.1 cm³/mol. The molecule has 17 heavy (non-hydrogen) atoms. The molecule has 0 amide bonds. The van der Waals surface area contributed by atoms with Crippen LogP contribution in [0.3, 0.4) is 0 Å². The van der Waals surface area contributed by atoms with Crippen molar-refractivity contribution in [3.05, 3.63) is 29.3 Å². The Hall–Kier alpha value is -1.55. The minimum Gasteiger partial charge on any atom is -0.492 e. The Morgan fingerprint density at radius 3 is 2.76 bits per heavy atom. The van der Waals surface area contributed by atoms with Gasteiger partial charge in [-0.25, -0.2) is 0 Å². The van der Waals surface area contributed by atoms with Crippen LogP contribution in [0.25, 0.3) is 0 Å². The first kappa shape index (κ1) is 13.5. The van der Waals surface area contributed by atoms with Crippen molar-refractivity contribution in [2.24, 2.45) is 5.73 Å². The maximum Gasteiger partial charge on any atom is 0.305 e. The second-order valence-electron chi connectivity index (χ2n) is 3.80. The molecule has 94 valence electrons. The van der Waals surface area contributed by atoms with E-state index in [0.717, 1.165) is 16.9 Å². The fourth-order valence-corrected chi connectivity index (χ4v) is 1.55. The first-order chi connectivity index (χ1) is 8.17. The van der Waals surface area contributed by atoms with Gasteiger partial charge in [-0.05, 0) is 36.6 Å². The Morgan fingerprint density at radius 2 is 2.18 bits per heavy atom. The summed E-state index contributed by atoms with van der Waals surface area (Å²) in [4.78, 5) is 11.0. The smallest absolute Gasteiger partial charge is 0.305 e. The van der Waals surface area contributed by atoms with E-state index < -0.39 is 0 Å². The standard InChI is InChI=1S/C13H19NO3/c1-10-9-12(17-8-7-14)5-3-11(10)4-6-13(15)16-2/h3,5,9H,4,6-8,14H2,1-2H3. The van der Waals surface area contributed by atoms with E-state index in [1.807, 2.05) is 25.1 Å². The third kappa shape index (κ3) is 4.44. The van der Waals surface area contributed by atoms with Crippen LogP contribution in [-0.4, -0.2) is 26.2 Å². The van der Waals surface area contributed by atoms with Crippen molar-refractivity contribution in [1.82, 2.24) is 0 Å². The number of rotatable bonds is 6. The van der Waals surface area contributed by atoms with E-state index in [1.54, 1.807) is 0 Å². The number of carbonyl (C=O) groups is 1. The molecule has 4 heteroatoms. The summed E-state index contributed by atoms with van der Waals surface area (Å²) < 4.78 is 10.0. The first-order valence-corrected chi connectivity index (χ1v) is 5.66. The molecule has 0 aliphatic carbocycles. The average Bonchev–Trinajstić information content (AvgIpc) is 2.34.